The Bertz CT molecular complexity index is 473. The van der Waals surface area contributed by atoms with Crippen molar-refractivity contribution in [2.24, 2.45) is 5.73 Å². The minimum atomic E-state index is -0.622. The summed E-state index contributed by atoms with van der Waals surface area (Å²) in [6.07, 6.45) is 1.43. The number of hydrogen-bond acceptors (Lipinski definition) is 3. The number of carbonyl (C=O) groups is 1. The van der Waals surface area contributed by atoms with E-state index in [0.29, 0.717) is 17.4 Å². The average Bonchev–Trinajstić information content (AvgIpc) is 3.14. The van der Waals surface area contributed by atoms with Gasteiger partial charge in [-0.3, -0.25) is 4.79 Å². The average molecular weight is 266 g/mol. The second kappa shape index (κ2) is 5.57. The van der Waals surface area contributed by atoms with Gasteiger partial charge in [-0.1, -0.05) is 0 Å². The van der Waals surface area contributed by atoms with Crippen molar-refractivity contribution < 1.29 is 13.9 Å². The van der Waals surface area contributed by atoms with E-state index in [0.717, 1.165) is 12.8 Å². The minimum Gasteiger partial charge on any atom is -0.481 e. The molecule has 1 aliphatic rings. The van der Waals surface area contributed by atoms with Crippen LogP contribution < -0.4 is 15.8 Å². The number of nitrogens with one attached hydrogen (secondary N) is 1. The van der Waals surface area contributed by atoms with Crippen LogP contribution in [-0.4, -0.2) is 18.1 Å². The van der Waals surface area contributed by atoms with Crippen LogP contribution in [-0.2, 0) is 4.79 Å². The molecule has 0 heterocycles. The first-order valence-corrected chi connectivity index (χ1v) is 6.49. The predicted octanol–water partition coefficient (Wildman–Crippen LogP) is 1.89. The Morgan fingerprint density at radius 2 is 2.16 bits per heavy atom. The highest BCUT2D eigenvalue weighted by Gasteiger charge is 2.26. The lowest BCUT2D eigenvalue weighted by Gasteiger charge is -2.18. The summed E-state index contributed by atoms with van der Waals surface area (Å²) in [5, 5.41) is 2.86. The van der Waals surface area contributed by atoms with Crippen molar-refractivity contribution in [1.82, 2.24) is 5.32 Å². The monoisotopic (exact) mass is 266 g/mol. The topological polar surface area (TPSA) is 64.3 Å². The molecule has 0 bridgehead atoms. The number of halogens is 1. The summed E-state index contributed by atoms with van der Waals surface area (Å²) in [4.78, 5) is 11.8. The predicted molar refractivity (Wildman–Crippen MR) is 70.3 cm³/mol. The van der Waals surface area contributed by atoms with Gasteiger partial charge in [-0.05, 0) is 44.9 Å². The van der Waals surface area contributed by atoms with Gasteiger partial charge in [-0.15, -0.1) is 0 Å². The SMILES string of the molecule is CC(Oc1ccc(F)cc1C(C)N)C(=O)NC1CC1. The molecular formula is C14H19FN2O2. The maximum absolute atomic E-state index is 13.2. The van der Waals surface area contributed by atoms with Crippen molar-refractivity contribution in [3.05, 3.63) is 29.6 Å². The van der Waals surface area contributed by atoms with Gasteiger partial charge in [0.15, 0.2) is 6.10 Å². The van der Waals surface area contributed by atoms with Gasteiger partial charge in [-0.2, -0.15) is 0 Å². The molecule has 0 radical (unpaired) electrons. The highest BCUT2D eigenvalue weighted by Crippen LogP contribution is 2.26. The molecule has 2 unspecified atom stereocenters. The summed E-state index contributed by atoms with van der Waals surface area (Å²) in [6.45, 7) is 3.42. The normalized spacial score (nSPS) is 17.7. The van der Waals surface area contributed by atoms with Gasteiger partial charge in [0.05, 0.1) is 0 Å². The van der Waals surface area contributed by atoms with Gasteiger partial charge in [-0.25, -0.2) is 4.39 Å². The third-order valence-electron chi connectivity index (χ3n) is 3.06. The molecule has 2 rings (SSSR count). The van der Waals surface area contributed by atoms with E-state index in [4.69, 9.17) is 10.5 Å². The third kappa shape index (κ3) is 3.67. The van der Waals surface area contributed by atoms with E-state index in [9.17, 15) is 9.18 Å². The Balaban J connectivity index is 2.06. The smallest absolute Gasteiger partial charge is 0.260 e. The molecule has 1 fully saturated rings. The van der Waals surface area contributed by atoms with Crippen LogP contribution in [0.3, 0.4) is 0 Å². The Morgan fingerprint density at radius 1 is 1.47 bits per heavy atom. The van der Waals surface area contributed by atoms with Gasteiger partial charge in [0.2, 0.25) is 0 Å². The molecule has 1 saturated carbocycles. The quantitative estimate of drug-likeness (QED) is 0.855. The van der Waals surface area contributed by atoms with Crippen LogP contribution in [0.5, 0.6) is 5.75 Å². The zero-order valence-electron chi connectivity index (χ0n) is 11.2. The first-order valence-electron chi connectivity index (χ1n) is 6.49. The van der Waals surface area contributed by atoms with Crippen LogP contribution in [0.15, 0.2) is 18.2 Å². The molecule has 1 amide bonds. The van der Waals surface area contributed by atoms with Crippen LogP contribution in [0.25, 0.3) is 0 Å². The van der Waals surface area contributed by atoms with E-state index in [-0.39, 0.29) is 17.8 Å². The molecule has 0 aliphatic heterocycles. The van der Waals surface area contributed by atoms with E-state index in [1.807, 2.05) is 0 Å². The van der Waals surface area contributed by atoms with Gasteiger partial charge in [0.25, 0.3) is 5.91 Å². The van der Waals surface area contributed by atoms with E-state index in [2.05, 4.69) is 5.32 Å². The van der Waals surface area contributed by atoms with Crippen LogP contribution in [0.1, 0.15) is 38.3 Å². The molecule has 104 valence electrons. The molecule has 0 spiro atoms. The summed E-state index contributed by atoms with van der Waals surface area (Å²) < 4.78 is 18.8. The van der Waals surface area contributed by atoms with Crippen molar-refractivity contribution in [2.75, 3.05) is 0 Å². The third-order valence-corrected chi connectivity index (χ3v) is 3.06. The van der Waals surface area contributed by atoms with Crippen molar-refractivity contribution in [3.63, 3.8) is 0 Å². The molecular weight excluding hydrogens is 247 g/mol. The lowest BCUT2D eigenvalue weighted by Crippen LogP contribution is -2.37. The van der Waals surface area contributed by atoms with Gasteiger partial charge in [0.1, 0.15) is 11.6 Å². The van der Waals surface area contributed by atoms with Crippen LogP contribution in [0, 0.1) is 5.82 Å². The van der Waals surface area contributed by atoms with E-state index >= 15 is 0 Å². The Labute approximate surface area is 112 Å². The molecule has 19 heavy (non-hydrogen) atoms. The fraction of sp³-hybridized carbons (Fsp3) is 0.500. The van der Waals surface area contributed by atoms with E-state index in [1.54, 1.807) is 13.8 Å². The summed E-state index contributed by atoms with van der Waals surface area (Å²) >= 11 is 0. The zero-order chi connectivity index (χ0) is 14.0. The Kier molecular flexibility index (Phi) is 4.04. The van der Waals surface area contributed by atoms with E-state index in [1.165, 1.54) is 18.2 Å². The Hall–Kier alpha value is -1.62. The molecule has 0 saturated heterocycles. The molecule has 4 nitrogen and oxygen atoms in total. The summed E-state index contributed by atoms with van der Waals surface area (Å²) in [5.41, 5.74) is 6.34. The number of ether oxygens (including phenoxy) is 1. The van der Waals surface area contributed by atoms with Crippen molar-refractivity contribution in [3.8, 4) is 5.75 Å². The number of carbonyl (C=O) groups excluding carboxylic acids is 1. The highest BCUT2D eigenvalue weighted by atomic mass is 19.1. The lowest BCUT2D eigenvalue weighted by atomic mass is 10.1. The number of rotatable bonds is 5. The maximum Gasteiger partial charge on any atom is 0.260 e. The number of nitrogens with two attached hydrogens (primary N) is 1. The fourth-order valence-electron chi connectivity index (χ4n) is 1.77. The fourth-order valence-corrected chi connectivity index (χ4v) is 1.77. The molecule has 1 aromatic rings. The van der Waals surface area contributed by atoms with Gasteiger partial charge in [0, 0.05) is 17.6 Å². The van der Waals surface area contributed by atoms with Crippen molar-refractivity contribution >= 4 is 5.91 Å². The maximum atomic E-state index is 13.2. The van der Waals surface area contributed by atoms with E-state index < -0.39 is 6.10 Å². The van der Waals surface area contributed by atoms with Crippen LogP contribution >= 0.6 is 0 Å². The molecule has 0 aromatic heterocycles. The largest absolute Gasteiger partial charge is 0.481 e. The number of amides is 1. The summed E-state index contributed by atoms with van der Waals surface area (Å²) in [7, 11) is 0. The zero-order valence-corrected chi connectivity index (χ0v) is 11.2. The molecule has 1 aromatic carbocycles. The second-order valence-electron chi connectivity index (χ2n) is 5.01. The number of benzene rings is 1. The standard InChI is InChI=1S/C14H19FN2O2/c1-8(16)12-7-10(15)3-6-13(12)19-9(2)14(18)17-11-4-5-11/h3,6-9,11H,4-5,16H2,1-2H3,(H,17,18). The Morgan fingerprint density at radius 3 is 2.74 bits per heavy atom. The van der Waals surface area contributed by atoms with Gasteiger partial charge < -0.3 is 15.8 Å². The van der Waals surface area contributed by atoms with Crippen LogP contribution in [0.4, 0.5) is 4.39 Å². The molecule has 3 N–H and O–H groups in total. The first-order chi connectivity index (χ1) is 8.97. The first kappa shape index (κ1) is 13.8. The molecule has 1 aliphatic carbocycles. The molecule has 5 heteroatoms. The van der Waals surface area contributed by atoms with Crippen molar-refractivity contribution in [1.29, 1.82) is 0 Å². The summed E-state index contributed by atoms with van der Waals surface area (Å²) in [6, 6.07) is 4.08. The lowest BCUT2D eigenvalue weighted by molar-refractivity contribution is -0.127. The highest BCUT2D eigenvalue weighted by molar-refractivity contribution is 5.81. The van der Waals surface area contributed by atoms with Crippen LogP contribution in [0.2, 0.25) is 0 Å². The van der Waals surface area contributed by atoms with Crippen molar-refractivity contribution in [2.45, 2.75) is 44.9 Å². The number of hydrogen-bond donors (Lipinski definition) is 2. The minimum absolute atomic E-state index is 0.151. The second-order valence-corrected chi connectivity index (χ2v) is 5.01. The molecule has 2 atom stereocenters. The summed E-state index contributed by atoms with van der Waals surface area (Å²) in [5.74, 6) is -0.0629. The van der Waals surface area contributed by atoms with Gasteiger partial charge >= 0.3 is 0 Å².